The molecule has 0 radical (unpaired) electrons. The van der Waals surface area contributed by atoms with Crippen LogP contribution >= 0.6 is 0 Å². The van der Waals surface area contributed by atoms with Crippen molar-refractivity contribution in [2.24, 2.45) is 5.73 Å². The average molecular weight is 314 g/mol. The Bertz CT molecular complexity index is 785. The Kier molecular flexibility index (Phi) is 4.73. The van der Waals surface area contributed by atoms with Crippen LogP contribution in [0.5, 0.6) is 0 Å². The van der Waals surface area contributed by atoms with Crippen molar-refractivity contribution in [3.8, 4) is 0 Å². The van der Waals surface area contributed by atoms with E-state index in [1.54, 1.807) is 6.08 Å². The largest absolute Gasteiger partial charge is 0.366 e. The molecule has 3 heteroatoms. The van der Waals surface area contributed by atoms with Crippen LogP contribution in [0.4, 0.5) is 17.1 Å². The summed E-state index contributed by atoms with van der Waals surface area (Å²) in [5.41, 5.74) is 9.29. The fraction of sp³-hybridized carbons (Fsp3) is 0. The third-order valence-electron chi connectivity index (χ3n) is 3.62. The van der Waals surface area contributed by atoms with Crippen molar-refractivity contribution < 1.29 is 4.79 Å². The molecular weight excluding hydrogens is 296 g/mol. The standard InChI is InChI=1S/C21H18N2O/c22-21(24)16-13-17-11-14-20(15-12-17)23(18-7-3-1-4-8-18)19-9-5-2-6-10-19/h1-16H,(H2,22,24)/b16-13-. The summed E-state index contributed by atoms with van der Waals surface area (Å²) in [7, 11) is 0. The van der Waals surface area contributed by atoms with E-state index in [1.165, 1.54) is 6.08 Å². The number of hydrogen-bond acceptors (Lipinski definition) is 2. The van der Waals surface area contributed by atoms with Crippen molar-refractivity contribution in [1.82, 2.24) is 0 Å². The number of carbonyl (C=O) groups excluding carboxylic acids is 1. The first kappa shape index (κ1) is 15.6. The highest BCUT2D eigenvalue weighted by Gasteiger charge is 2.11. The molecule has 0 aliphatic rings. The Balaban J connectivity index is 1.99. The predicted molar refractivity (Wildman–Crippen MR) is 99.4 cm³/mol. The van der Waals surface area contributed by atoms with Gasteiger partial charge in [-0.25, -0.2) is 0 Å². The molecule has 0 aromatic heterocycles. The maximum Gasteiger partial charge on any atom is 0.241 e. The van der Waals surface area contributed by atoms with Crippen molar-refractivity contribution in [2.75, 3.05) is 4.90 Å². The number of nitrogens with zero attached hydrogens (tertiary/aromatic N) is 1. The maximum absolute atomic E-state index is 10.8. The number of rotatable bonds is 5. The molecule has 0 fully saturated rings. The lowest BCUT2D eigenvalue weighted by Gasteiger charge is -2.25. The van der Waals surface area contributed by atoms with Crippen LogP contribution in [0.3, 0.4) is 0 Å². The lowest BCUT2D eigenvalue weighted by atomic mass is 10.1. The highest BCUT2D eigenvalue weighted by atomic mass is 16.1. The van der Waals surface area contributed by atoms with Crippen LogP contribution < -0.4 is 10.6 Å². The Hall–Kier alpha value is -3.33. The van der Waals surface area contributed by atoms with Crippen molar-refractivity contribution in [3.05, 3.63) is 96.6 Å². The second-order valence-corrected chi connectivity index (χ2v) is 5.33. The van der Waals surface area contributed by atoms with Gasteiger partial charge in [0, 0.05) is 23.1 Å². The number of carbonyl (C=O) groups is 1. The van der Waals surface area contributed by atoms with E-state index in [0.717, 1.165) is 22.6 Å². The van der Waals surface area contributed by atoms with Gasteiger partial charge in [-0.15, -0.1) is 0 Å². The molecule has 0 bridgehead atoms. The molecule has 0 atom stereocenters. The van der Waals surface area contributed by atoms with Gasteiger partial charge < -0.3 is 10.6 Å². The highest BCUT2D eigenvalue weighted by Crippen LogP contribution is 2.34. The van der Waals surface area contributed by atoms with Crippen molar-refractivity contribution in [3.63, 3.8) is 0 Å². The molecule has 0 unspecified atom stereocenters. The molecule has 24 heavy (non-hydrogen) atoms. The Morgan fingerprint density at radius 1 is 0.708 bits per heavy atom. The van der Waals surface area contributed by atoms with Gasteiger partial charge >= 0.3 is 0 Å². The zero-order valence-electron chi connectivity index (χ0n) is 13.2. The van der Waals surface area contributed by atoms with Crippen LogP contribution in [0.15, 0.2) is 91.0 Å². The van der Waals surface area contributed by atoms with Gasteiger partial charge in [-0.3, -0.25) is 4.79 Å². The molecule has 0 spiro atoms. The van der Waals surface area contributed by atoms with Crippen LogP contribution in [0.25, 0.3) is 6.08 Å². The van der Waals surface area contributed by atoms with E-state index in [2.05, 4.69) is 29.2 Å². The molecule has 0 heterocycles. The average Bonchev–Trinajstić information content (AvgIpc) is 2.63. The number of anilines is 3. The molecule has 2 N–H and O–H groups in total. The van der Waals surface area contributed by atoms with Crippen LogP contribution in [-0.4, -0.2) is 5.91 Å². The number of benzene rings is 3. The molecule has 3 nitrogen and oxygen atoms in total. The lowest BCUT2D eigenvalue weighted by molar-refractivity contribution is -0.113. The van der Waals surface area contributed by atoms with Crippen LogP contribution in [0.1, 0.15) is 5.56 Å². The zero-order valence-corrected chi connectivity index (χ0v) is 13.2. The summed E-state index contributed by atoms with van der Waals surface area (Å²) in [6.45, 7) is 0. The maximum atomic E-state index is 10.8. The fourth-order valence-corrected chi connectivity index (χ4v) is 2.51. The minimum atomic E-state index is -0.450. The lowest BCUT2D eigenvalue weighted by Crippen LogP contribution is -2.09. The first-order valence-electron chi connectivity index (χ1n) is 7.72. The number of hydrogen-bond donors (Lipinski definition) is 1. The Morgan fingerprint density at radius 2 is 1.17 bits per heavy atom. The molecule has 0 aliphatic heterocycles. The second kappa shape index (κ2) is 7.29. The van der Waals surface area contributed by atoms with Gasteiger partial charge in [-0.2, -0.15) is 0 Å². The van der Waals surface area contributed by atoms with Crippen molar-refractivity contribution in [1.29, 1.82) is 0 Å². The molecule has 0 saturated carbocycles. The van der Waals surface area contributed by atoms with E-state index < -0.39 is 5.91 Å². The van der Waals surface area contributed by atoms with Crippen molar-refractivity contribution in [2.45, 2.75) is 0 Å². The third-order valence-corrected chi connectivity index (χ3v) is 3.62. The van der Waals surface area contributed by atoms with Crippen LogP contribution in [-0.2, 0) is 4.79 Å². The molecule has 3 rings (SSSR count). The van der Waals surface area contributed by atoms with E-state index in [-0.39, 0.29) is 0 Å². The number of primary amides is 1. The fourth-order valence-electron chi connectivity index (χ4n) is 2.51. The topological polar surface area (TPSA) is 46.3 Å². The molecule has 0 aliphatic carbocycles. The Labute approximate surface area is 141 Å². The summed E-state index contributed by atoms with van der Waals surface area (Å²) < 4.78 is 0. The van der Waals surface area contributed by atoms with E-state index in [4.69, 9.17) is 5.73 Å². The summed E-state index contributed by atoms with van der Waals surface area (Å²) >= 11 is 0. The molecule has 118 valence electrons. The quantitative estimate of drug-likeness (QED) is 0.696. The molecule has 3 aromatic carbocycles. The number of para-hydroxylation sites is 2. The predicted octanol–water partition coefficient (Wildman–Crippen LogP) is 4.65. The molecular formula is C21H18N2O. The highest BCUT2D eigenvalue weighted by molar-refractivity contribution is 5.90. The van der Waals surface area contributed by atoms with Gasteiger partial charge in [0.2, 0.25) is 5.91 Å². The van der Waals surface area contributed by atoms with Gasteiger partial charge in [0.25, 0.3) is 0 Å². The minimum Gasteiger partial charge on any atom is -0.366 e. The monoisotopic (exact) mass is 314 g/mol. The SMILES string of the molecule is NC(=O)/C=C\c1ccc(N(c2ccccc2)c2ccccc2)cc1. The smallest absolute Gasteiger partial charge is 0.241 e. The Morgan fingerprint density at radius 3 is 1.62 bits per heavy atom. The minimum absolute atomic E-state index is 0.450. The normalized spacial score (nSPS) is 10.7. The summed E-state index contributed by atoms with van der Waals surface area (Å²) in [6.07, 6.45) is 3.07. The van der Waals surface area contributed by atoms with Gasteiger partial charge in [-0.1, -0.05) is 48.5 Å². The van der Waals surface area contributed by atoms with Crippen molar-refractivity contribution >= 4 is 29.0 Å². The van der Waals surface area contributed by atoms with E-state index in [1.807, 2.05) is 60.7 Å². The van der Waals surface area contributed by atoms with Gasteiger partial charge in [-0.05, 0) is 48.0 Å². The first-order chi connectivity index (χ1) is 11.7. The first-order valence-corrected chi connectivity index (χ1v) is 7.72. The van der Waals surface area contributed by atoms with E-state index in [9.17, 15) is 4.79 Å². The van der Waals surface area contributed by atoms with E-state index in [0.29, 0.717) is 0 Å². The molecule has 3 aromatic rings. The number of nitrogens with two attached hydrogens (primary N) is 1. The summed E-state index contributed by atoms with van der Waals surface area (Å²) in [5, 5.41) is 0. The summed E-state index contributed by atoms with van der Waals surface area (Å²) in [5.74, 6) is -0.450. The third kappa shape index (κ3) is 3.70. The van der Waals surface area contributed by atoms with Crippen LogP contribution in [0, 0.1) is 0 Å². The van der Waals surface area contributed by atoms with E-state index >= 15 is 0 Å². The second-order valence-electron chi connectivity index (χ2n) is 5.33. The molecule has 0 saturated heterocycles. The van der Waals surface area contributed by atoms with Gasteiger partial charge in [0.15, 0.2) is 0 Å². The molecule has 1 amide bonds. The summed E-state index contributed by atoms with van der Waals surface area (Å²) in [6, 6.07) is 28.4. The summed E-state index contributed by atoms with van der Waals surface area (Å²) in [4.78, 5) is 13.0. The van der Waals surface area contributed by atoms with Crippen LogP contribution in [0.2, 0.25) is 0 Å². The zero-order chi connectivity index (χ0) is 16.8. The van der Waals surface area contributed by atoms with Gasteiger partial charge in [0.05, 0.1) is 0 Å². The van der Waals surface area contributed by atoms with Gasteiger partial charge in [0.1, 0.15) is 0 Å². The number of amides is 1.